The fourth-order valence-electron chi connectivity index (χ4n) is 2.49. The van der Waals surface area contributed by atoms with E-state index in [0.717, 1.165) is 31.6 Å². The van der Waals surface area contributed by atoms with Crippen LogP contribution in [0.1, 0.15) is 31.2 Å². The summed E-state index contributed by atoms with van der Waals surface area (Å²) in [4.78, 5) is 14.2. The Morgan fingerprint density at radius 3 is 2.84 bits per heavy atom. The Bertz CT molecular complexity index is 409. The number of hydrogen-bond acceptors (Lipinski definition) is 2. The van der Waals surface area contributed by atoms with Crippen LogP contribution < -0.4 is 10.2 Å². The van der Waals surface area contributed by atoms with Crippen LogP contribution in [0.2, 0.25) is 0 Å². The summed E-state index contributed by atoms with van der Waals surface area (Å²) in [5.41, 5.74) is 2.44. The molecule has 0 aliphatic carbocycles. The molecule has 0 bridgehead atoms. The number of nitrogens with zero attached hydrogens (tertiary/aromatic N) is 1. The molecule has 19 heavy (non-hydrogen) atoms. The maximum absolute atomic E-state index is 12.3. The molecule has 106 valence electrons. The van der Waals surface area contributed by atoms with E-state index in [2.05, 4.69) is 23.5 Å². The van der Waals surface area contributed by atoms with Gasteiger partial charge in [-0.2, -0.15) is 0 Å². The Labute approximate surface area is 121 Å². The van der Waals surface area contributed by atoms with Gasteiger partial charge in [-0.05, 0) is 37.9 Å². The van der Waals surface area contributed by atoms with Gasteiger partial charge in [0.2, 0.25) is 5.91 Å². The number of carbonyl (C=O) groups is 1. The Balaban J connectivity index is 0.00000180. The number of fused-ring (bicyclic) bond motifs is 1. The second kappa shape index (κ2) is 8.18. The summed E-state index contributed by atoms with van der Waals surface area (Å²) in [6.45, 7) is 1.61. The zero-order valence-corrected chi connectivity index (χ0v) is 12.3. The maximum atomic E-state index is 12.3. The minimum Gasteiger partial charge on any atom is -0.319 e. The van der Waals surface area contributed by atoms with Crippen LogP contribution in [0.25, 0.3) is 0 Å². The lowest BCUT2D eigenvalue weighted by Gasteiger charge is -2.27. The molecule has 2 rings (SSSR count). The first-order valence-corrected chi connectivity index (χ1v) is 6.86. The molecule has 1 aliphatic heterocycles. The van der Waals surface area contributed by atoms with Gasteiger partial charge in [-0.15, -0.1) is 12.4 Å². The molecule has 0 radical (unpaired) electrons. The van der Waals surface area contributed by atoms with Crippen LogP contribution in [0.4, 0.5) is 5.69 Å². The Morgan fingerprint density at radius 1 is 1.26 bits per heavy atom. The average molecular weight is 283 g/mol. The summed E-state index contributed by atoms with van der Waals surface area (Å²) in [6.07, 6.45) is 5.22. The van der Waals surface area contributed by atoms with Crippen LogP contribution in [-0.4, -0.2) is 26.0 Å². The molecule has 1 aromatic carbocycles. The molecule has 3 nitrogen and oxygen atoms in total. The molecule has 0 fully saturated rings. The van der Waals surface area contributed by atoms with Gasteiger partial charge in [0.05, 0.1) is 0 Å². The van der Waals surface area contributed by atoms with Crippen LogP contribution in [0.3, 0.4) is 0 Å². The molecule has 1 aliphatic rings. The van der Waals surface area contributed by atoms with E-state index in [1.807, 2.05) is 18.0 Å². The lowest BCUT2D eigenvalue weighted by atomic mass is 10.0. The van der Waals surface area contributed by atoms with Crippen LogP contribution in [-0.2, 0) is 11.2 Å². The van der Waals surface area contributed by atoms with Crippen molar-refractivity contribution in [3.05, 3.63) is 29.8 Å². The zero-order valence-electron chi connectivity index (χ0n) is 11.5. The van der Waals surface area contributed by atoms with Crippen molar-refractivity contribution in [2.75, 3.05) is 25.0 Å². The molecular formula is C15H23ClN2O. The van der Waals surface area contributed by atoms with E-state index in [0.29, 0.717) is 6.42 Å². The minimum absolute atomic E-state index is 0. The average Bonchev–Trinajstić information content (AvgIpc) is 2.37. The lowest BCUT2D eigenvalue weighted by molar-refractivity contribution is -0.118. The first kappa shape index (κ1) is 16.0. The van der Waals surface area contributed by atoms with Crippen molar-refractivity contribution in [1.29, 1.82) is 0 Å². The first-order chi connectivity index (χ1) is 8.83. The summed E-state index contributed by atoms with van der Waals surface area (Å²) in [7, 11) is 1.88. The SMILES string of the molecule is CNCCC(=O)N1CCCCCc2ccccc21.Cl. The summed E-state index contributed by atoms with van der Waals surface area (Å²) in [5, 5.41) is 3.04. The quantitative estimate of drug-likeness (QED) is 0.925. The van der Waals surface area contributed by atoms with E-state index in [1.165, 1.54) is 18.4 Å². The van der Waals surface area contributed by atoms with Crippen LogP contribution >= 0.6 is 12.4 Å². The van der Waals surface area contributed by atoms with Crippen LogP contribution in [0.15, 0.2) is 24.3 Å². The Morgan fingerprint density at radius 2 is 2.05 bits per heavy atom. The van der Waals surface area contributed by atoms with Crippen LogP contribution in [0.5, 0.6) is 0 Å². The number of nitrogens with one attached hydrogen (secondary N) is 1. The van der Waals surface area contributed by atoms with E-state index in [-0.39, 0.29) is 18.3 Å². The molecule has 0 atom stereocenters. The van der Waals surface area contributed by atoms with Crippen molar-refractivity contribution >= 4 is 24.0 Å². The molecule has 1 N–H and O–H groups in total. The fraction of sp³-hybridized carbons (Fsp3) is 0.533. The van der Waals surface area contributed by atoms with Gasteiger partial charge in [-0.25, -0.2) is 0 Å². The standard InChI is InChI=1S/C15H22N2O.ClH/c1-16-11-10-15(18)17-12-6-2-3-7-13-8-4-5-9-14(13)17;/h4-5,8-9,16H,2-3,6-7,10-12H2,1H3;1H. The molecule has 0 unspecified atom stereocenters. The number of halogens is 1. The van der Waals surface area contributed by atoms with Crippen molar-refractivity contribution in [3.8, 4) is 0 Å². The summed E-state index contributed by atoms with van der Waals surface area (Å²) < 4.78 is 0. The molecule has 0 saturated carbocycles. The first-order valence-electron chi connectivity index (χ1n) is 6.86. The van der Waals surface area contributed by atoms with Gasteiger partial charge in [-0.1, -0.05) is 24.6 Å². The highest BCUT2D eigenvalue weighted by Crippen LogP contribution is 2.25. The predicted octanol–water partition coefficient (Wildman–Crippen LogP) is 2.78. The van der Waals surface area contributed by atoms with Gasteiger partial charge < -0.3 is 10.2 Å². The van der Waals surface area contributed by atoms with Crippen molar-refractivity contribution in [1.82, 2.24) is 5.32 Å². The summed E-state index contributed by atoms with van der Waals surface area (Å²) >= 11 is 0. The second-order valence-electron chi connectivity index (χ2n) is 4.84. The van der Waals surface area contributed by atoms with Crippen molar-refractivity contribution in [3.63, 3.8) is 0 Å². The highest BCUT2D eigenvalue weighted by molar-refractivity contribution is 5.94. The number of rotatable bonds is 3. The van der Waals surface area contributed by atoms with Crippen molar-refractivity contribution < 1.29 is 4.79 Å². The van der Waals surface area contributed by atoms with Gasteiger partial charge in [-0.3, -0.25) is 4.79 Å². The monoisotopic (exact) mass is 282 g/mol. The third kappa shape index (κ3) is 4.22. The van der Waals surface area contributed by atoms with Gasteiger partial charge in [0.15, 0.2) is 0 Å². The molecular weight excluding hydrogens is 260 g/mol. The normalized spacial score (nSPS) is 14.9. The molecule has 0 aromatic heterocycles. The number of carbonyl (C=O) groups excluding carboxylic acids is 1. The molecule has 1 heterocycles. The Hall–Kier alpha value is -1.06. The van der Waals surface area contributed by atoms with Crippen molar-refractivity contribution in [2.45, 2.75) is 32.1 Å². The number of para-hydroxylation sites is 1. The summed E-state index contributed by atoms with van der Waals surface area (Å²) in [5.74, 6) is 0.235. The summed E-state index contributed by atoms with van der Waals surface area (Å²) in [6, 6.07) is 8.33. The second-order valence-corrected chi connectivity index (χ2v) is 4.84. The topological polar surface area (TPSA) is 32.3 Å². The molecule has 0 saturated heterocycles. The van der Waals surface area contributed by atoms with Gasteiger partial charge in [0.1, 0.15) is 0 Å². The van der Waals surface area contributed by atoms with E-state index < -0.39 is 0 Å². The number of hydrogen-bond donors (Lipinski definition) is 1. The molecule has 0 spiro atoms. The highest BCUT2D eigenvalue weighted by atomic mass is 35.5. The number of aryl methyl sites for hydroxylation is 1. The number of anilines is 1. The number of benzene rings is 1. The van der Waals surface area contributed by atoms with E-state index in [1.54, 1.807) is 0 Å². The van der Waals surface area contributed by atoms with Crippen LogP contribution in [0, 0.1) is 0 Å². The Kier molecular flexibility index (Phi) is 6.89. The van der Waals surface area contributed by atoms with Crippen molar-refractivity contribution in [2.24, 2.45) is 0 Å². The highest BCUT2D eigenvalue weighted by Gasteiger charge is 2.19. The zero-order chi connectivity index (χ0) is 12.8. The maximum Gasteiger partial charge on any atom is 0.228 e. The largest absolute Gasteiger partial charge is 0.319 e. The number of amides is 1. The molecule has 1 amide bonds. The third-order valence-electron chi connectivity index (χ3n) is 3.50. The smallest absolute Gasteiger partial charge is 0.228 e. The van der Waals surface area contributed by atoms with Gasteiger partial charge in [0.25, 0.3) is 0 Å². The lowest BCUT2D eigenvalue weighted by Crippen LogP contribution is -2.35. The van der Waals surface area contributed by atoms with Gasteiger partial charge in [0, 0.05) is 25.2 Å². The predicted molar refractivity (Wildman–Crippen MR) is 82.1 cm³/mol. The van der Waals surface area contributed by atoms with E-state index >= 15 is 0 Å². The minimum atomic E-state index is 0. The molecule has 4 heteroatoms. The van der Waals surface area contributed by atoms with E-state index in [4.69, 9.17) is 0 Å². The molecule has 1 aromatic rings. The fourth-order valence-corrected chi connectivity index (χ4v) is 2.49. The van der Waals surface area contributed by atoms with Gasteiger partial charge >= 0.3 is 0 Å². The van der Waals surface area contributed by atoms with E-state index in [9.17, 15) is 4.79 Å². The third-order valence-corrected chi connectivity index (χ3v) is 3.50.